The van der Waals surface area contributed by atoms with Crippen LogP contribution >= 0.6 is 0 Å². The number of benzene rings is 2. The van der Waals surface area contributed by atoms with E-state index in [-0.39, 0.29) is 35.5 Å². The molecule has 1 atom stereocenters. The summed E-state index contributed by atoms with van der Waals surface area (Å²) in [6, 6.07) is 7.84. The maximum absolute atomic E-state index is 13.7. The number of amides is 2. The first-order valence-corrected chi connectivity index (χ1v) is 7.76. The van der Waals surface area contributed by atoms with Crippen molar-refractivity contribution in [2.24, 2.45) is 5.92 Å². The van der Waals surface area contributed by atoms with Crippen molar-refractivity contribution in [2.75, 3.05) is 6.61 Å². The fourth-order valence-electron chi connectivity index (χ4n) is 3.00. The van der Waals surface area contributed by atoms with Crippen LogP contribution in [0.4, 0.5) is 8.78 Å². The maximum Gasteiger partial charge on any atom is 0.340 e. The van der Waals surface area contributed by atoms with Gasteiger partial charge in [0, 0.05) is 11.6 Å². The van der Waals surface area contributed by atoms with Crippen molar-refractivity contribution in [3.63, 3.8) is 0 Å². The normalized spacial score (nSPS) is 18.2. The molecule has 0 N–H and O–H groups in total. The molecule has 132 valence electrons. The average molecular weight is 359 g/mol. The zero-order chi connectivity index (χ0) is 18.4. The second kappa shape index (κ2) is 5.91. The number of hydroxylamine groups is 2. The van der Waals surface area contributed by atoms with E-state index in [1.165, 1.54) is 12.1 Å². The van der Waals surface area contributed by atoms with E-state index in [0.29, 0.717) is 11.1 Å². The van der Waals surface area contributed by atoms with E-state index < -0.39 is 35.3 Å². The lowest BCUT2D eigenvalue weighted by atomic mass is 9.96. The number of fused-ring (bicyclic) bond motifs is 2. The first-order valence-electron chi connectivity index (χ1n) is 7.76. The number of nitrogens with zero attached hydrogens (tertiary/aromatic N) is 1. The molecule has 2 heterocycles. The van der Waals surface area contributed by atoms with Crippen LogP contribution in [0.15, 0.2) is 36.4 Å². The number of carbonyl (C=O) groups excluding carboxylic acids is 3. The first-order chi connectivity index (χ1) is 12.5. The van der Waals surface area contributed by atoms with Gasteiger partial charge in [-0.05, 0) is 24.6 Å². The Kier molecular flexibility index (Phi) is 3.68. The van der Waals surface area contributed by atoms with Crippen molar-refractivity contribution < 1.29 is 32.7 Å². The molecule has 6 nitrogen and oxygen atoms in total. The van der Waals surface area contributed by atoms with Gasteiger partial charge in [-0.3, -0.25) is 9.59 Å². The molecule has 0 saturated carbocycles. The van der Waals surface area contributed by atoms with Crippen LogP contribution in [0, 0.1) is 17.6 Å². The monoisotopic (exact) mass is 359 g/mol. The number of carbonyl (C=O) groups is 3. The van der Waals surface area contributed by atoms with Crippen LogP contribution in [0.25, 0.3) is 0 Å². The molecule has 8 heteroatoms. The van der Waals surface area contributed by atoms with Crippen molar-refractivity contribution in [3.8, 4) is 5.75 Å². The molecule has 2 amide bonds. The third-order valence-electron chi connectivity index (χ3n) is 4.25. The molecule has 2 aromatic carbocycles. The summed E-state index contributed by atoms with van der Waals surface area (Å²) in [5.74, 6) is -5.05. The van der Waals surface area contributed by atoms with Gasteiger partial charge in [0.2, 0.25) is 0 Å². The third kappa shape index (κ3) is 2.50. The summed E-state index contributed by atoms with van der Waals surface area (Å²) in [4.78, 5) is 41.7. The second-order valence-electron chi connectivity index (χ2n) is 5.95. The van der Waals surface area contributed by atoms with Crippen LogP contribution < -0.4 is 4.74 Å². The van der Waals surface area contributed by atoms with Gasteiger partial charge in [0.15, 0.2) is 11.6 Å². The van der Waals surface area contributed by atoms with Crippen LogP contribution in [0.5, 0.6) is 5.75 Å². The van der Waals surface area contributed by atoms with E-state index in [9.17, 15) is 23.2 Å². The minimum atomic E-state index is -0.909. The zero-order valence-corrected chi connectivity index (χ0v) is 13.2. The van der Waals surface area contributed by atoms with Crippen molar-refractivity contribution in [1.29, 1.82) is 0 Å². The zero-order valence-electron chi connectivity index (χ0n) is 13.2. The van der Waals surface area contributed by atoms with Gasteiger partial charge >= 0.3 is 5.97 Å². The average Bonchev–Trinajstić information content (AvgIpc) is 2.86. The SMILES string of the molecule is O=C(ON1C(=O)c2ccccc2C1=O)C1COc2c(F)cc(F)cc2C1. The van der Waals surface area contributed by atoms with Crippen molar-refractivity contribution in [1.82, 2.24) is 5.06 Å². The fourth-order valence-corrected chi connectivity index (χ4v) is 3.00. The molecule has 0 radical (unpaired) electrons. The smallest absolute Gasteiger partial charge is 0.340 e. The summed E-state index contributed by atoms with van der Waals surface area (Å²) in [5.41, 5.74) is 0.456. The molecule has 26 heavy (non-hydrogen) atoms. The molecule has 0 saturated heterocycles. The minimum Gasteiger partial charge on any atom is -0.489 e. The molecular weight excluding hydrogens is 348 g/mol. The quantitative estimate of drug-likeness (QED) is 0.769. The lowest BCUT2D eigenvalue weighted by molar-refractivity contribution is -0.175. The summed E-state index contributed by atoms with van der Waals surface area (Å²) in [7, 11) is 0. The standard InChI is InChI=1S/C18H11F2NO5/c19-11-6-9-5-10(8-25-15(9)14(20)7-11)18(24)26-21-16(22)12-3-1-2-4-13(12)17(21)23/h1-4,6-7,10H,5,8H2. The molecular formula is C18H11F2NO5. The highest BCUT2D eigenvalue weighted by molar-refractivity contribution is 6.20. The summed E-state index contributed by atoms with van der Waals surface area (Å²) in [6.45, 7) is -0.211. The maximum atomic E-state index is 13.7. The highest BCUT2D eigenvalue weighted by Crippen LogP contribution is 2.32. The van der Waals surface area contributed by atoms with Crippen LogP contribution in [0.2, 0.25) is 0 Å². The van der Waals surface area contributed by atoms with Crippen LogP contribution in [-0.4, -0.2) is 29.5 Å². The first kappa shape index (κ1) is 16.2. The summed E-state index contributed by atoms with van der Waals surface area (Å²) < 4.78 is 32.2. The van der Waals surface area contributed by atoms with Crippen molar-refractivity contribution >= 4 is 17.8 Å². The summed E-state index contributed by atoms with van der Waals surface area (Å²) in [5, 5.41) is 0.397. The number of imide groups is 1. The van der Waals surface area contributed by atoms with E-state index >= 15 is 0 Å². The Labute approximate surface area is 145 Å². The van der Waals surface area contributed by atoms with Gasteiger partial charge in [0.05, 0.1) is 17.0 Å². The summed E-state index contributed by atoms with van der Waals surface area (Å²) >= 11 is 0. The van der Waals surface area contributed by atoms with Crippen molar-refractivity contribution in [2.45, 2.75) is 6.42 Å². The summed E-state index contributed by atoms with van der Waals surface area (Å²) in [6.07, 6.45) is -0.0357. The highest BCUT2D eigenvalue weighted by Gasteiger charge is 2.40. The van der Waals surface area contributed by atoms with Gasteiger partial charge in [0.1, 0.15) is 12.4 Å². The molecule has 2 aliphatic rings. The Balaban J connectivity index is 1.52. The predicted octanol–water partition coefficient (Wildman–Crippen LogP) is 2.27. The van der Waals surface area contributed by atoms with Crippen LogP contribution in [0.3, 0.4) is 0 Å². The Hall–Kier alpha value is -3.29. The van der Waals surface area contributed by atoms with E-state index in [4.69, 9.17) is 9.57 Å². The van der Waals surface area contributed by atoms with Crippen molar-refractivity contribution in [3.05, 3.63) is 64.7 Å². The van der Waals surface area contributed by atoms with Gasteiger partial charge in [-0.15, -0.1) is 0 Å². The van der Waals surface area contributed by atoms with E-state index in [1.807, 2.05) is 0 Å². The van der Waals surface area contributed by atoms with Crippen LogP contribution in [-0.2, 0) is 16.1 Å². The van der Waals surface area contributed by atoms with Gasteiger partial charge in [-0.25, -0.2) is 13.6 Å². The largest absolute Gasteiger partial charge is 0.489 e. The molecule has 0 spiro atoms. The Morgan fingerprint density at radius 2 is 1.77 bits per heavy atom. The second-order valence-corrected chi connectivity index (χ2v) is 5.95. The molecule has 0 fully saturated rings. The minimum absolute atomic E-state index is 0.0357. The molecule has 4 rings (SSSR count). The van der Waals surface area contributed by atoms with Gasteiger partial charge in [0.25, 0.3) is 11.8 Å². The number of hydrogen-bond donors (Lipinski definition) is 0. The Morgan fingerprint density at radius 3 is 2.42 bits per heavy atom. The van der Waals surface area contributed by atoms with Gasteiger partial charge in [-0.1, -0.05) is 17.2 Å². The van der Waals surface area contributed by atoms with E-state index in [0.717, 1.165) is 6.07 Å². The predicted molar refractivity (Wildman–Crippen MR) is 82.1 cm³/mol. The third-order valence-corrected chi connectivity index (χ3v) is 4.25. The molecule has 0 bridgehead atoms. The highest BCUT2D eigenvalue weighted by atomic mass is 19.1. The van der Waals surface area contributed by atoms with Crippen LogP contribution in [0.1, 0.15) is 26.3 Å². The molecule has 0 aromatic heterocycles. The fraction of sp³-hybridized carbons (Fsp3) is 0.167. The number of halogens is 2. The topological polar surface area (TPSA) is 72.9 Å². The molecule has 2 aliphatic heterocycles. The number of rotatable bonds is 2. The lowest BCUT2D eigenvalue weighted by Gasteiger charge is -2.25. The Morgan fingerprint density at radius 1 is 1.12 bits per heavy atom. The Bertz CT molecular complexity index is 924. The van der Waals surface area contributed by atoms with E-state index in [1.54, 1.807) is 12.1 Å². The molecule has 2 aromatic rings. The molecule has 1 unspecified atom stereocenters. The number of hydrogen-bond acceptors (Lipinski definition) is 5. The molecule has 0 aliphatic carbocycles. The lowest BCUT2D eigenvalue weighted by Crippen LogP contribution is -2.38. The number of ether oxygens (including phenoxy) is 1. The van der Waals surface area contributed by atoms with Gasteiger partial charge < -0.3 is 9.57 Å². The van der Waals surface area contributed by atoms with E-state index in [2.05, 4.69) is 0 Å². The van der Waals surface area contributed by atoms with Gasteiger partial charge in [-0.2, -0.15) is 0 Å².